The summed E-state index contributed by atoms with van der Waals surface area (Å²) < 4.78 is 2.22. The molecular weight excluding hydrogens is 362 g/mol. The minimum Gasteiger partial charge on any atom is -0.309 e. The molecule has 6 rings (SSSR count). The summed E-state index contributed by atoms with van der Waals surface area (Å²) >= 11 is 8.02. The van der Waals surface area contributed by atoms with Crippen molar-refractivity contribution in [3.05, 3.63) is 40.7 Å². The lowest BCUT2D eigenvalue weighted by Gasteiger charge is -2.56. The molecule has 26 heavy (non-hydrogen) atoms. The van der Waals surface area contributed by atoms with Gasteiger partial charge in [0, 0.05) is 24.2 Å². The first-order valence-electron chi connectivity index (χ1n) is 9.85. The SMILES string of the molecule is Cn1c(CC23CC4CC(CC(C4)C2)C3)nnc1SCc1ccccc1Cl. The van der Waals surface area contributed by atoms with Crippen LogP contribution in [0.3, 0.4) is 0 Å². The topological polar surface area (TPSA) is 30.7 Å². The maximum absolute atomic E-state index is 6.28. The fourth-order valence-corrected chi connectivity index (χ4v) is 7.44. The summed E-state index contributed by atoms with van der Waals surface area (Å²) in [5.41, 5.74) is 1.67. The molecule has 0 unspecified atom stereocenters. The van der Waals surface area contributed by atoms with Crippen molar-refractivity contribution in [2.24, 2.45) is 30.2 Å². The fraction of sp³-hybridized carbons (Fsp3) is 0.619. The molecule has 0 amide bonds. The van der Waals surface area contributed by atoms with Crippen LogP contribution in [0.1, 0.15) is 49.9 Å². The maximum Gasteiger partial charge on any atom is 0.191 e. The Morgan fingerprint density at radius 2 is 1.73 bits per heavy atom. The highest BCUT2D eigenvalue weighted by Gasteiger charge is 2.51. The number of hydrogen-bond donors (Lipinski definition) is 0. The second-order valence-electron chi connectivity index (χ2n) is 8.93. The van der Waals surface area contributed by atoms with Gasteiger partial charge in [0.05, 0.1) is 0 Å². The van der Waals surface area contributed by atoms with Crippen LogP contribution in [-0.2, 0) is 19.2 Å². The summed E-state index contributed by atoms with van der Waals surface area (Å²) in [6.07, 6.45) is 9.88. The Morgan fingerprint density at radius 1 is 1.08 bits per heavy atom. The summed E-state index contributed by atoms with van der Waals surface area (Å²) in [5.74, 6) is 4.98. The average molecular weight is 388 g/mol. The van der Waals surface area contributed by atoms with E-state index in [9.17, 15) is 0 Å². The van der Waals surface area contributed by atoms with Gasteiger partial charge in [0.1, 0.15) is 5.82 Å². The number of nitrogens with zero attached hydrogens (tertiary/aromatic N) is 3. The largest absolute Gasteiger partial charge is 0.309 e. The van der Waals surface area contributed by atoms with Crippen molar-refractivity contribution in [2.75, 3.05) is 0 Å². The number of aromatic nitrogens is 3. The van der Waals surface area contributed by atoms with Crippen LogP contribution in [0, 0.1) is 23.2 Å². The molecule has 5 heteroatoms. The first kappa shape index (κ1) is 17.1. The molecule has 0 spiro atoms. The van der Waals surface area contributed by atoms with Gasteiger partial charge in [-0.1, -0.05) is 41.6 Å². The third-order valence-electron chi connectivity index (χ3n) is 6.94. The Balaban J connectivity index is 1.30. The summed E-state index contributed by atoms with van der Waals surface area (Å²) in [7, 11) is 2.13. The monoisotopic (exact) mass is 387 g/mol. The van der Waals surface area contributed by atoms with Gasteiger partial charge in [-0.15, -0.1) is 10.2 Å². The highest BCUT2D eigenvalue weighted by atomic mass is 35.5. The van der Waals surface area contributed by atoms with Gasteiger partial charge in [-0.25, -0.2) is 0 Å². The van der Waals surface area contributed by atoms with Gasteiger partial charge < -0.3 is 4.57 Å². The van der Waals surface area contributed by atoms with Crippen LogP contribution >= 0.6 is 23.4 Å². The second-order valence-corrected chi connectivity index (χ2v) is 10.3. The van der Waals surface area contributed by atoms with Crippen LogP contribution in [0.2, 0.25) is 5.02 Å². The summed E-state index contributed by atoms with van der Waals surface area (Å²) in [4.78, 5) is 0. The van der Waals surface area contributed by atoms with Crippen LogP contribution in [0.5, 0.6) is 0 Å². The normalized spacial score (nSPS) is 32.3. The zero-order valence-electron chi connectivity index (χ0n) is 15.3. The van der Waals surface area contributed by atoms with E-state index in [-0.39, 0.29) is 0 Å². The van der Waals surface area contributed by atoms with E-state index >= 15 is 0 Å². The van der Waals surface area contributed by atoms with Crippen molar-refractivity contribution in [3.8, 4) is 0 Å². The molecule has 1 aromatic carbocycles. The molecule has 2 aromatic rings. The zero-order valence-corrected chi connectivity index (χ0v) is 16.9. The lowest BCUT2D eigenvalue weighted by Crippen LogP contribution is -2.47. The third-order valence-corrected chi connectivity index (χ3v) is 8.38. The van der Waals surface area contributed by atoms with Crippen molar-refractivity contribution >= 4 is 23.4 Å². The van der Waals surface area contributed by atoms with Gasteiger partial charge in [0.15, 0.2) is 5.16 Å². The van der Waals surface area contributed by atoms with E-state index in [1.807, 2.05) is 18.2 Å². The smallest absolute Gasteiger partial charge is 0.191 e. The molecule has 0 radical (unpaired) electrons. The van der Waals surface area contributed by atoms with E-state index in [1.165, 1.54) is 44.3 Å². The minimum atomic E-state index is 0.514. The molecule has 1 heterocycles. The van der Waals surface area contributed by atoms with Gasteiger partial charge in [0.2, 0.25) is 0 Å². The van der Waals surface area contributed by atoms with E-state index in [1.54, 1.807) is 11.8 Å². The summed E-state index contributed by atoms with van der Waals surface area (Å²) in [6, 6.07) is 8.05. The Hall–Kier alpha value is -1.00. The highest BCUT2D eigenvalue weighted by Crippen LogP contribution is 2.60. The van der Waals surface area contributed by atoms with Crippen LogP contribution < -0.4 is 0 Å². The standard InChI is InChI=1S/C21H26ClN3S/c1-25-19(12-21-9-14-6-15(10-21)8-16(7-14)11-21)23-24-20(25)26-13-17-4-2-3-5-18(17)22/h2-5,14-16H,6-13H2,1H3. The molecule has 4 bridgehead atoms. The average Bonchev–Trinajstić information content (AvgIpc) is 2.92. The van der Waals surface area contributed by atoms with E-state index < -0.39 is 0 Å². The number of thioether (sulfide) groups is 1. The molecule has 1 aromatic heterocycles. The number of rotatable bonds is 5. The first-order chi connectivity index (χ1) is 12.6. The molecule has 0 N–H and O–H groups in total. The third kappa shape index (κ3) is 3.09. The van der Waals surface area contributed by atoms with Crippen molar-refractivity contribution < 1.29 is 0 Å². The second kappa shape index (κ2) is 6.56. The van der Waals surface area contributed by atoms with Crippen molar-refractivity contribution in [3.63, 3.8) is 0 Å². The van der Waals surface area contributed by atoms with Gasteiger partial charge in [-0.3, -0.25) is 0 Å². The van der Waals surface area contributed by atoms with Gasteiger partial charge in [-0.2, -0.15) is 0 Å². The Kier molecular flexibility index (Phi) is 4.32. The van der Waals surface area contributed by atoms with Gasteiger partial charge in [-0.05, 0) is 73.3 Å². The van der Waals surface area contributed by atoms with E-state index in [0.29, 0.717) is 5.41 Å². The van der Waals surface area contributed by atoms with Crippen LogP contribution in [0.4, 0.5) is 0 Å². The molecule has 0 saturated heterocycles. The van der Waals surface area contributed by atoms with Gasteiger partial charge >= 0.3 is 0 Å². The lowest BCUT2D eigenvalue weighted by atomic mass is 9.49. The molecule has 138 valence electrons. The minimum absolute atomic E-state index is 0.514. The number of halogens is 1. The molecule has 4 aliphatic rings. The van der Waals surface area contributed by atoms with Crippen molar-refractivity contribution in [1.29, 1.82) is 0 Å². The highest BCUT2D eigenvalue weighted by molar-refractivity contribution is 7.98. The van der Waals surface area contributed by atoms with E-state index in [0.717, 1.165) is 45.7 Å². The van der Waals surface area contributed by atoms with E-state index in [2.05, 4.69) is 27.9 Å². The zero-order chi connectivity index (χ0) is 17.7. The van der Waals surface area contributed by atoms with Crippen LogP contribution in [0.15, 0.2) is 29.4 Å². The Labute approximate surface area is 164 Å². The molecule has 4 aliphatic carbocycles. The molecular formula is C21H26ClN3S. The lowest BCUT2D eigenvalue weighted by molar-refractivity contribution is -0.0535. The van der Waals surface area contributed by atoms with Crippen molar-refractivity contribution in [1.82, 2.24) is 14.8 Å². The molecule has 0 aliphatic heterocycles. The summed E-state index contributed by atoms with van der Waals surface area (Å²) in [5, 5.41) is 10.9. The Bertz CT molecular complexity index is 780. The molecule has 4 saturated carbocycles. The maximum atomic E-state index is 6.28. The fourth-order valence-electron chi connectivity index (χ4n) is 6.22. The quantitative estimate of drug-likeness (QED) is 0.633. The van der Waals surface area contributed by atoms with Crippen LogP contribution in [-0.4, -0.2) is 14.8 Å². The Morgan fingerprint density at radius 3 is 2.38 bits per heavy atom. The van der Waals surface area contributed by atoms with Crippen molar-refractivity contribution in [2.45, 2.75) is 55.9 Å². The molecule has 4 fully saturated rings. The predicted molar refractivity (Wildman–Crippen MR) is 106 cm³/mol. The molecule has 3 nitrogen and oxygen atoms in total. The first-order valence-corrected chi connectivity index (χ1v) is 11.2. The predicted octanol–water partition coefficient (Wildman–Crippen LogP) is 5.52. The number of hydrogen-bond acceptors (Lipinski definition) is 3. The summed E-state index contributed by atoms with van der Waals surface area (Å²) in [6.45, 7) is 0. The van der Waals surface area contributed by atoms with E-state index in [4.69, 9.17) is 11.6 Å². The number of benzene rings is 1. The van der Waals surface area contributed by atoms with Gasteiger partial charge in [0.25, 0.3) is 0 Å². The molecule has 0 atom stereocenters. The van der Waals surface area contributed by atoms with Crippen LogP contribution in [0.25, 0.3) is 0 Å².